The van der Waals surface area contributed by atoms with Crippen molar-refractivity contribution in [1.29, 1.82) is 0 Å². The van der Waals surface area contributed by atoms with Gasteiger partial charge in [-0.1, -0.05) is 15.9 Å². The van der Waals surface area contributed by atoms with Crippen molar-refractivity contribution in [2.75, 3.05) is 5.32 Å². The van der Waals surface area contributed by atoms with Crippen LogP contribution in [0.25, 0.3) is 0 Å². The smallest absolute Gasteiger partial charge is 0.335 e. The fourth-order valence-electron chi connectivity index (χ4n) is 1.60. The molecule has 1 aromatic carbocycles. The summed E-state index contributed by atoms with van der Waals surface area (Å²) in [5.74, 6) is -1.06. The number of carboxylic acid groups (broad SMARTS) is 1. The first-order chi connectivity index (χ1) is 9.94. The van der Waals surface area contributed by atoms with Crippen molar-refractivity contribution in [3.8, 4) is 0 Å². The van der Waals surface area contributed by atoms with Crippen LogP contribution in [0.5, 0.6) is 0 Å². The summed E-state index contributed by atoms with van der Waals surface area (Å²) in [6.07, 6.45) is 1.74. The van der Waals surface area contributed by atoms with Gasteiger partial charge in [0.05, 0.1) is 12.1 Å². The molecule has 0 bridgehead atoms. The van der Waals surface area contributed by atoms with Gasteiger partial charge >= 0.3 is 12.0 Å². The van der Waals surface area contributed by atoms with Crippen LogP contribution in [-0.2, 0) is 6.54 Å². The highest BCUT2D eigenvalue weighted by Gasteiger charge is 2.09. The first-order valence-electron chi connectivity index (χ1n) is 5.94. The molecule has 2 rings (SSSR count). The Labute approximate surface area is 133 Å². The molecule has 0 aliphatic heterocycles. The predicted octanol–water partition coefficient (Wildman–Crippen LogP) is 3.23. The molecule has 0 aliphatic carbocycles. The van der Waals surface area contributed by atoms with Gasteiger partial charge in [-0.05, 0) is 25.1 Å². The van der Waals surface area contributed by atoms with Crippen molar-refractivity contribution in [2.45, 2.75) is 13.5 Å². The number of aromatic nitrogens is 1. The largest absolute Gasteiger partial charge is 0.478 e. The Morgan fingerprint density at radius 2 is 2.14 bits per heavy atom. The molecule has 6 nitrogen and oxygen atoms in total. The number of aryl methyl sites for hydroxylation is 1. The van der Waals surface area contributed by atoms with Crippen LogP contribution >= 0.6 is 27.3 Å². The molecule has 1 aromatic heterocycles. The molecule has 0 unspecified atom stereocenters. The van der Waals surface area contributed by atoms with Crippen molar-refractivity contribution in [3.63, 3.8) is 0 Å². The number of amides is 2. The number of carboxylic acids is 1. The molecule has 0 fully saturated rings. The monoisotopic (exact) mass is 369 g/mol. The summed E-state index contributed by atoms with van der Waals surface area (Å²) in [5.41, 5.74) is 0.491. The number of carbonyl (C=O) groups is 2. The van der Waals surface area contributed by atoms with Crippen LogP contribution in [0.15, 0.2) is 28.9 Å². The minimum atomic E-state index is -1.06. The van der Waals surface area contributed by atoms with Crippen molar-refractivity contribution in [2.24, 2.45) is 0 Å². The van der Waals surface area contributed by atoms with Crippen LogP contribution in [-0.4, -0.2) is 22.1 Å². The quantitative estimate of drug-likeness (QED) is 0.771. The third kappa shape index (κ3) is 4.54. The number of carbonyl (C=O) groups excluding carboxylic acids is 1. The summed E-state index contributed by atoms with van der Waals surface area (Å²) in [5, 5.41) is 15.0. The van der Waals surface area contributed by atoms with Crippen LogP contribution in [0, 0.1) is 6.92 Å². The highest BCUT2D eigenvalue weighted by Crippen LogP contribution is 2.19. The summed E-state index contributed by atoms with van der Waals surface area (Å²) in [7, 11) is 0. The molecule has 1 heterocycles. The van der Waals surface area contributed by atoms with Gasteiger partial charge in [0.1, 0.15) is 5.01 Å². The molecule has 0 spiro atoms. The fourth-order valence-corrected chi connectivity index (χ4v) is 2.82. The average Bonchev–Trinajstić information content (AvgIpc) is 2.81. The SMILES string of the molecule is Cc1cnc(CNC(=O)Nc2cc(Br)cc(C(=O)O)c2)s1. The lowest BCUT2D eigenvalue weighted by molar-refractivity contribution is 0.0697. The van der Waals surface area contributed by atoms with E-state index in [0.717, 1.165) is 9.88 Å². The topological polar surface area (TPSA) is 91.3 Å². The number of hydrogen-bond acceptors (Lipinski definition) is 4. The molecule has 0 aliphatic rings. The van der Waals surface area contributed by atoms with Crippen LogP contribution in [0.4, 0.5) is 10.5 Å². The number of hydrogen-bond donors (Lipinski definition) is 3. The van der Waals surface area contributed by atoms with E-state index in [0.29, 0.717) is 16.7 Å². The second kappa shape index (κ2) is 6.68. The summed E-state index contributed by atoms with van der Waals surface area (Å²) >= 11 is 4.71. The number of rotatable bonds is 4. The number of benzene rings is 1. The standard InChI is InChI=1S/C13H12BrN3O3S/c1-7-5-15-11(21-7)6-16-13(20)17-10-3-8(12(18)19)2-9(14)4-10/h2-5H,6H2,1H3,(H,18,19)(H2,16,17,20). The lowest BCUT2D eigenvalue weighted by Crippen LogP contribution is -2.28. The zero-order valence-corrected chi connectivity index (χ0v) is 13.4. The van der Waals surface area contributed by atoms with Gasteiger partial charge in [-0.25, -0.2) is 14.6 Å². The van der Waals surface area contributed by atoms with Crippen LogP contribution in [0.1, 0.15) is 20.2 Å². The summed E-state index contributed by atoms with van der Waals surface area (Å²) in [6.45, 7) is 2.26. The lowest BCUT2D eigenvalue weighted by atomic mass is 10.2. The molecule has 0 saturated carbocycles. The van der Waals surface area contributed by atoms with E-state index in [2.05, 4.69) is 31.5 Å². The zero-order valence-electron chi connectivity index (χ0n) is 11.0. The van der Waals surface area contributed by atoms with Gasteiger partial charge in [0.15, 0.2) is 0 Å². The van der Waals surface area contributed by atoms with E-state index in [-0.39, 0.29) is 5.56 Å². The molecule has 2 amide bonds. The van der Waals surface area contributed by atoms with E-state index in [1.807, 2.05) is 6.92 Å². The first kappa shape index (κ1) is 15.5. The normalized spacial score (nSPS) is 10.2. The summed E-state index contributed by atoms with van der Waals surface area (Å²) in [4.78, 5) is 27.9. The van der Waals surface area contributed by atoms with Gasteiger partial charge < -0.3 is 15.7 Å². The number of nitrogens with one attached hydrogen (secondary N) is 2. The number of aromatic carboxylic acids is 1. The van der Waals surface area contributed by atoms with Gasteiger partial charge in [0, 0.05) is 21.2 Å². The van der Waals surface area contributed by atoms with Gasteiger partial charge in [-0.2, -0.15) is 0 Å². The maximum atomic E-state index is 11.8. The van der Waals surface area contributed by atoms with Gasteiger partial charge in [-0.3, -0.25) is 0 Å². The average molecular weight is 370 g/mol. The molecule has 2 aromatic rings. The minimum absolute atomic E-state index is 0.0928. The summed E-state index contributed by atoms with van der Waals surface area (Å²) in [6, 6.07) is 4.06. The molecule has 3 N–H and O–H groups in total. The molecule has 110 valence electrons. The Bertz CT molecular complexity index is 687. The third-order valence-corrected chi connectivity index (χ3v) is 3.84. The Morgan fingerprint density at radius 1 is 1.38 bits per heavy atom. The van der Waals surface area contributed by atoms with E-state index in [4.69, 9.17) is 5.11 Å². The van der Waals surface area contributed by atoms with Gasteiger partial charge in [0.25, 0.3) is 0 Å². The van der Waals surface area contributed by atoms with Crippen molar-refractivity contribution in [3.05, 3.63) is 44.3 Å². The Morgan fingerprint density at radius 3 is 2.76 bits per heavy atom. The van der Waals surface area contributed by atoms with E-state index in [1.54, 1.807) is 12.3 Å². The molecular formula is C13H12BrN3O3S. The second-order valence-corrected chi connectivity index (χ2v) is 6.44. The van der Waals surface area contributed by atoms with Crippen molar-refractivity contribution in [1.82, 2.24) is 10.3 Å². The number of urea groups is 1. The van der Waals surface area contributed by atoms with Crippen molar-refractivity contribution < 1.29 is 14.7 Å². The number of nitrogens with zero attached hydrogens (tertiary/aromatic N) is 1. The van der Waals surface area contributed by atoms with Crippen LogP contribution in [0.2, 0.25) is 0 Å². The van der Waals surface area contributed by atoms with Gasteiger partial charge in [-0.15, -0.1) is 11.3 Å². The number of thiazole rings is 1. The van der Waals surface area contributed by atoms with Crippen LogP contribution < -0.4 is 10.6 Å². The zero-order chi connectivity index (χ0) is 15.4. The van der Waals surface area contributed by atoms with Crippen LogP contribution in [0.3, 0.4) is 0 Å². The molecule has 0 saturated heterocycles. The fraction of sp³-hybridized carbons (Fsp3) is 0.154. The minimum Gasteiger partial charge on any atom is -0.478 e. The van der Waals surface area contributed by atoms with E-state index in [1.165, 1.54) is 23.5 Å². The van der Waals surface area contributed by atoms with Crippen molar-refractivity contribution >= 4 is 45.0 Å². The third-order valence-electron chi connectivity index (χ3n) is 2.47. The maximum Gasteiger partial charge on any atom is 0.335 e. The van der Waals surface area contributed by atoms with E-state index >= 15 is 0 Å². The molecule has 8 heteroatoms. The van der Waals surface area contributed by atoms with E-state index in [9.17, 15) is 9.59 Å². The maximum absolute atomic E-state index is 11.8. The number of halogens is 1. The molecule has 21 heavy (non-hydrogen) atoms. The van der Waals surface area contributed by atoms with E-state index < -0.39 is 12.0 Å². The Balaban J connectivity index is 1.97. The van der Waals surface area contributed by atoms with Gasteiger partial charge in [0.2, 0.25) is 0 Å². The Hall–Kier alpha value is -1.93. The summed E-state index contributed by atoms with van der Waals surface area (Å²) < 4.78 is 0.577. The highest BCUT2D eigenvalue weighted by atomic mass is 79.9. The highest BCUT2D eigenvalue weighted by molar-refractivity contribution is 9.10. The predicted molar refractivity (Wildman–Crippen MR) is 83.8 cm³/mol. The first-order valence-corrected chi connectivity index (χ1v) is 7.55. The lowest BCUT2D eigenvalue weighted by Gasteiger charge is -2.08. The molecule has 0 atom stereocenters. The molecule has 0 radical (unpaired) electrons. The Kier molecular flexibility index (Phi) is 4.92. The number of anilines is 1. The second-order valence-electron chi connectivity index (χ2n) is 4.21. The molecular weight excluding hydrogens is 358 g/mol.